The van der Waals surface area contributed by atoms with Crippen LogP contribution in [-0.2, 0) is 4.79 Å². The first-order valence-corrected chi connectivity index (χ1v) is 7.84. The third kappa shape index (κ3) is 3.03. The zero-order valence-electron chi connectivity index (χ0n) is 11.7. The van der Waals surface area contributed by atoms with Gasteiger partial charge in [-0.1, -0.05) is 18.2 Å². The van der Waals surface area contributed by atoms with Gasteiger partial charge in [-0.15, -0.1) is 11.8 Å². The summed E-state index contributed by atoms with van der Waals surface area (Å²) in [5.74, 6) is 1.56. The standard InChI is InChI=1S/C16H16N2O2S/c1-12(20-13-5-3-2-4-6-13)16(19)18-9-10-21-15-7-8-17-11-14(15)18/h2-8,11-12H,9-10H2,1H3. The van der Waals surface area contributed by atoms with Crippen LogP contribution in [0.15, 0.2) is 53.7 Å². The molecule has 0 aliphatic carbocycles. The number of fused-ring (bicyclic) bond motifs is 1. The molecule has 0 radical (unpaired) electrons. The molecular weight excluding hydrogens is 284 g/mol. The lowest BCUT2D eigenvalue weighted by Crippen LogP contribution is -2.43. The average molecular weight is 300 g/mol. The van der Waals surface area contributed by atoms with Crippen molar-refractivity contribution in [2.75, 3.05) is 17.2 Å². The Morgan fingerprint density at radius 2 is 2.14 bits per heavy atom. The van der Waals surface area contributed by atoms with Crippen LogP contribution >= 0.6 is 11.8 Å². The van der Waals surface area contributed by atoms with Crippen LogP contribution < -0.4 is 9.64 Å². The molecule has 0 spiro atoms. The summed E-state index contributed by atoms with van der Waals surface area (Å²) in [5, 5.41) is 0. The van der Waals surface area contributed by atoms with E-state index < -0.39 is 6.10 Å². The van der Waals surface area contributed by atoms with Gasteiger partial charge in [0.05, 0.1) is 11.9 Å². The number of carbonyl (C=O) groups is 1. The zero-order chi connectivity index (χ0) is 14.7. The van der Waals surface area contributed by atoms with Gasteiger partial charge in [0.15, 0.2) is 6.10 Å². The molecule has 21 heavy (non-hydrogen) atoms. The number of nitrogens with zero attached hydrogens (tertiary/aromatic N) is 2. The van der Waals surface area contributed by atoms with Crippen molar-refractivity contribution in [1.82, 2.24) is 4.98 Å². The Balaban J connectivity index is 1.77. The van der Waals surface area contributed by atoms with Crippen molar-refractivity contribution < 1.29 is 9.53 Å². The smallest absolute Gasteiger partial charge is 0.267 e. The van der Waals surface area contributed by atoms with E-state index in [-0.39, 0.29) is 5.91 Å². The van der Waals surface area contributed by atoms with Gasteiger partial charge in [0.1, 0.15) is 5.75 Å². The molecule has 2 aromatic rings. The fourth-order valence-corrected chi connectivity index (χ4v) is 3.23. The number of para-hydroxylation sites is 1. The van der Waals surface area contributed by atoms with Crippen LogP contribution in [0, 0.1) is 0 Å². The fraction of sp³-hybridized carbons (Fsp3) is 0.250. The third-order valence-corrected chi connectivity index (χ3v) is 4.34. The van der Waals surface area contributed by atoms with Crippen LogP contribution in [0.1, 0.15) is 6.92 Å². The Hall–Kier alpha value is -2.01. The molecule has 1 aliphatic rings. The summed E-state index contributed by atoms with van der Waals surface area (Å²) in [5.41, 5.74) is 0.877. The van der Waals surface area contributed by atoms with Crippen LogP contribution in [0.25, 0.3) is 0 Å². The van der Waals surface area contributed by atoms with Gasteiger partial charge in [-0.05, 0) is 25.1 Å². The van der Waals surface area contributed by atoms with E-state index in [0.717, 1.165) is 16.3 Å². The second-order valence-corrected chi connectivity index (χ2v) is 5.89. The molecule has 1 atom stereocenters. The maximum Gasteiger partial charge on any atom is 0.267 e. The summed E-state index contributed by atoms with van der Waals surface area (Å²) >= 11 is 1.75. The van der Waals surface area contributed by atoms with Crippen molar-refractivity contribution in [3.8, 4) is 5.75 Å². The molecule has 1 aromatic carbocycles. The van der Waals surface area contributed by atoms with Crippen molar-refractivity contribution in [3.05, 3.63) is 48.8 Å². The van der Waals surface area contributed by atoms with E-state index in [4.69, 9.17) is 4.74 Å². The Morgan fingerprint density at radius 3 is 2.95 bits per heavy atom. The van der Waals surface area contributed by atoms with Crippen molar-refractivity contribution in [2.24, 2.45) is 0 Å². The van der Waals surface area contributed by atoms with Crippen LogP contribution in [-0.4, -0.2) is 29.3 Å². The highest BCUT2D eigenvalue weighted by Gasteiger charge is 2.27. The number of pyridine rings is 1. The van der Waals surface area contributed by atoms with Crippen molar-refractivity contribution in [3.63, 3.8) is 0 Å². The van der Waals surface area contributed by atoms with E-state index in [1.54, 1.807) is 36.0 Å². The number of carbonyl (C=O) groups excluding carboxylic acids is 1. The molecule has 2 heterocycles. The van der Waals surface area contributed by atoms with E-state index >= 15 is 0 Å². The number of thioether (sulfide) groups is 1. The van der Waals surface area contributed by atoms with Gasteiger partial charge in [0.25, 0.3) is 5.91 Å². The zero-order valence-corrected chi connectivity index (χ0v) is 12.5. The first kappa shape index (κ1) is 13.9. The Kier molecular flexibility index (Phi) is 4.10. The van der Waals surface area contributed by atoms with Gasteiger partial charge in [-0.2, -0.15) is 0 Å². The summed E-state index contributed by atoms with van der Waals surface area (Å²) in [6.07, 6.45) is 2.97. The normalized spacial score (nSPS) is 15.2. The topological polar surface area (TPSA) is 42.4 Å². The number of hydrogen-bond acceptors (Lipinski definition) is 4. The largest absolute Gasteiger partial charge is 0.481 e. The average Bonchev–Trinajstić information content (AvgIpc) is 2.54. The monoisotopic (exact) mass is 300 g/mol. The molecular formula is C16H16N2O2S. The predicted molar refractivity (Wildman–Crippen MR) is 83.8 cm³/mol. The SMILES string of the molecule is CC(Oc1ccccc1)C(=O)N1CCSc2ccncc21. The third-order valence-electron chi connectivity index (χ3n) is 3.29. The number of aromatic nitrogens is 1. The predicted octanol–water partition coefficient (Wildman–Crippen LogP) is 2.99. The molecule has 4 nitrogen and oxygen atoms in total. The second-order valence-electron chi connectivity index (χ2n) is 4.75. The summed E-state index contributed by atoms with van der Waals surface area (Å²) in [6.45, 7) is 2.47. The van der Waals surface area contributed by atoms with Crippen LogP contribution in [0.5, 0.6) is 5.75 Å². The van der Waals surface area contributed by atoms with E-state index in [1.807, 2.05) is 36.4 Å². The van der Waals surface area contributed by atoms with Crippen LogP contribution in [0.2, 0.25) is 0 Å². The molecule has 0 fully saturated rings. The maximum absolute atomic E-state index is 12.6. The maximum atomic E-state index is 12.6. The van der Waals surface area contributed by atoms with Gasteiger partial charge in [0.2, 0.25) is 0 Å². The summed E-state index contributed by atoms with van der Waals surface area (Å²) < 4.78 is 5.73. The highest BCUT2D eigenvalue weighted by atomic mass is 32.2. The second kappa shape index (κ2) is 6.18. The molecule has 0 saturated heterocycles. The van der Waals surface area contributed by atoms with Crippen LogP contribution in [0.4, 0.5) is 5.69 Å². The molecule has 5 heteroatoms. The Labute approximate surface area is 128 Å². The molecule has 1 aromatic heterocycles. The van der Waals surface area contributed by atoms with Crippen molar-refractivity contribution >= 4 is 23.4 Å². The van der Waals surface area contributed by atoms with E-state index in [2.05, 4.69) is 4.98 Å². The first-order valence-electron chi connectivity index (χ1n) is 6.85. The minimum Gasteiger partial charge on any atom is -0.481 e. The Bertz CT molecular complexity index is 633. The molecule has 1 aliphatic heterocycles. The lowest BCUT2D eigenvalue weighted by Gasteiger charge is -2.30. The number of rotatable bonds is 3. The van der Waals surface area contributed by atoms with Gasteiger partial charge >= 0.3 is 0 Å². The van der Waals surface area contributed by atoms with E-state index in [0.29, 0.717) is 12.3 Å². The number of amides is 1. The number of anilines is 1. The molecule has 1 amide bonds. The first-order chi connectivity index (χ1) is 10.3. The minimum atomic E-state index is -0.524. The molecule has 0 N–H and O–H groups in total. The van der Waals surface area contributed by atoms with Crippen LogP contribution in [0.3, 0.4) is 0 Å². The molecule has 3 rings (SSSR count). The lowest BCUT2D eigenvalue weighted by atomic mass is 10.2. The summed E-state index contributed by atoms with van der Waals surface area (Å²) in [6, 6.07) is 11.4. The highest BCUT2D eigenvalue weighted by Crippen LogP contribution is 2.34. The number of ether oxygens (including phenoxy) is 1. The highest BCUT2D eigenvalue weighted by molar-refractivity contribution is 7.99. The molecule has 0 bridgehead atoms. The van der Waals surface area contributed by atoms with Gasteiger partial charge < -0.3 is 9.64 Å². The molecule has 0 saturated carbocycles. The van der Waals surface area contributed by atoms with Crippen molar-refractivity contribution in [2.45, 2.75) is 17.9 Å². The minimum absolute atomic E-state index is 0.0339. The van der Waals surface area contributed by atoms with Gasteiger partial charge in [-0.3, -0.25) is 9.78 Å². The van der Waals surface area contributed by atoms with E-state index in [1.165, 1.54) is 0 Å². The fourth-order valence-electron chi connectivity index (χ4n) is 2.27. The van der Waals surface area contributed by atoms with E-state index in [9.17, 15) is 4.79 Å². The molecule has 1 unspecified atom stereocenters. The summed E-state index contributed by atoms with van der Waals surface area (Å²) in [4.78, 5) is 19.6. The van der Waals surface area contributed by atoms with Crippen molar-refractivity contribution in [1.29, 1.82) is 0 Å². The lowest BCUT2D eigenvalue weighted by molar-refractivity contribution is -0.124. The quantitative estimate of drug-likeness (QED) is 0.874. The summed E-state index contributed by atoms with van der Waals surface area (Å²) in [7, 11) is 0. The van der Waals surface area contributed by atoms with Gasteiger partial charge in [-0.25, -0.2) is 0 Å². The molecule has 108 valence electrons. The Morgan fingerprint density at radius 1 is 1.33 bits per heavy atom. The number of hydrogen-bond donors (Lipinski definition) is 0. The number of benzene rings is 1. The van der Waals surface area contributed by atoms with Gasteiger partial charge in [0, 0.05) is 23.4 Å².